The van der Waals surface area contributed by atoms with Crippen LogP contribution in [0.1, 0.15) is 26.2 Å². The van der Waals surface area contributed by atoms with Crippen LogP contribution in [0.4, 0.5) is 5.95 Å². The van der Waals surface area contributed by atoms with Crippen LogP contribution in [0.5, 0.6) is 0 Å². The minimum atomic E-state index is 0.0710. The Labute approximate surface area is 111 Å². The van der Waals surface area contributed by atoms with Gasteiger partial charge >= 0.3 is 0 Å². The largest absolute Gasteiger partial charge is 0.396 e. The van der Waals surface area contributed by atoms with Gasteiger partial charge in [-0.25, -0.2) is 0 Å². The summed E-state index contributed by atoms with van der Waals surface area (Å²) in [6.45, 7) is 2.98. The Bertz CT molecular complexity index is 325. The molecule has 0 aliphatic carbocycles. The summed E-state index contributed by atoms with van der Waals surface area (Å²) in [4.78, 5) is 11.5. The van der Waals surface area contributed by atoms with Crippen molar-refractivity contribution in [2.24, 2.45) is 5.92 Å². The molecule has 1 unspecified atom stereocenters. The van der Waals surface area contributed by atoms with Crippen LogP contribution in [0, 0.1) is 5.92 Å². The molecule has 1 heterocycles. The molecule has 0 amide bonds. The second kappa shape index (κ2) is 7.63. The van der Waals surface area contributed by atoms with Crippen molar-refractivity contribution in [2.45, 2.75) is 26.2 Å². The lowest BCUT2D eigenvalue weighted by atomic mass is 10.0. The Balaban J connectivity index is 2.52. The monoisotopic (exact) mass is 278 g/mol. The molecular formula is C10H16Cl2N4O. The van der Waals surface area contributed by atoms with E-state index in [0.717, 1.165) is 19.3 Å². The van der Waals surface area contributed by atoms with Gasteiger partial charge in [-0.3, -0.25) is 0 Å². The molecule has 0 aromatic carbocycles. The normalized spacial score (nSPS) is 12.5. The first kappa shape index (κ1) is 14.4. The Morgan fingerprint density at radius 1 is 1.18 bits per heavy atom. The topological polar surface area (TPSA) is 70.9 Å². The second-order valence-corrected chi connectivity index (χ2v) is 4.42. The number of nitrogens with zero attached hydrogens (tertiary/aromatic N) is 3. The quantitative estimate of drug-likeness (QED) is 0.802. The average molecular weight is 279 g/mol. The molecule has 1 atom stereocenters. The molecule has 17 heavy (non-hydrogen) atoms. The summed E-state index contributed by atoms with van der Waals surface area (Å²) >= 11 is 11.3. The van der Waals surface area contributed by atoms with Crippen LogP contribution in [0.25, 0.3) is 0 Å². The van der Waals surface area contributed by atoms with Gasteiger partial charge < -0.3 is 10.4 Å². The van der Waals surface area contributed by atoms with Gasteiger partial charge in [-0.15, -0.1) is 0 Å². The molecule has 0 fully saturated rings. The van der Waals surface area contributed by atoms with E-state index in [0.29, 0.717) is 18.4 Å². The van der Waals surface area contributed by atoms with E-state index in [1.165, 1.54) is 0 Å². The zero-order valence-corrected chi connectivity index (χ0v) is 11.2. The van der Waals surface area contributed by atoms with Crippen LogP contribution in [-0.4, -0.2) is 33.2 Å². The number of rotatable bonds is 7. The molecule has 0 saturated carbocycles. The first-order valence-corrected chi connectivity index (χ1v) is 6.33. The van der Waals surface area contributed by atoms with Crippen LogP contribution in [0.2, 0.25) is 10.6 Å². The fourth-order valence-corrected chi connectivity index (χ4v) is 1.94. The van der Waals surface area contributed by atoms with E-state index in [4.69, 9.17) is 28.3 Å². The van der Waals surface area contributed by atoms with Crippen molar-refractivity contribution < 1.29 is 5.11 Å². The predicted molar refractivity (Wildman–Crippen MR) is 68.4 cm³/mol. The molecule has 7 heteroatoms. The molecule has 2 N–H and O–H groups in total. The number of aliphatic hydroxyl groups excluding tert-OH is 1. The molecule has 0 aliphatic heterocycles. The van der Waals surface area contributed by atoms with Crippen molar-refractivity contribution in [3.63, 3.8) is 0 Å². The molecule has 1 rings (SSSR count). The second-order valence-electron chi connectivity index (χ2n) is 3.74. The van der Waals surface area contributed by atoms with E-state index in [-0.39, 0.29) is 17.2 Å². The van der Waals surface area contributed by atoms with Crippen LogP contribution < -0.4 is 5.32 Å². The fraction of sp³-hybridized carbons (Fsp3) is 0.700. The minimum Gasteiger partial charge on any atom is -0.396 e. The summed E-state index contributed by atoms with van der Waals surface area (Å²) in [5, 5.41) is 12.1. The van der Waals surface area contributed by atoms with Crippen molar-refractivity contribution in [3.05, 3.63) is 10.6 Å². The molecule has 0 saturated heterocycles. The summed E-state index contributed by atoms with van der Waals surface area (Å²) in [6.07, 6.45) is 2.87. The summed E-state index contributed by atoms with van der Waals surface area (Å²) in [5.74, 6) is 0.758. The zero-order chi connectivity index (χ0) is 12.7. The highest BCUT2D eigenvalue weighted by Gasteiger charge is 2.09. The van der Waals surface area contributed by atoms with Gasteiger partial charge in [-0.05, 0) is 42.0 Å². The molecule has 96 valence electrons. The molecule has 0 radical (unpaired) electrons. The van der Waals surface area contributed by atoms with E-state index in [2.05, 4.69) is 27.2 Å². The number of nitrogens with one attached hydrogen (secondary N) is 1. The Hall–Kier alpha value is -0.650. The van der Waals surface area contributed by atoms with E-state index < -0.39 is 0 Å². The van der Waals surface area contributed by atoms with Gasteiger partial charge in [-0.2, -0.15) is 15.0 Å². The van der Waals surface area contributed by atoms with Crippen molar-refractivity contribution in [2.75, 3.05) is 18.5 Å². The Kier molecular flexibility index (Phi) is 6.47. The minimum absolute atomic E-state index is 0.0710. The summed E-state index contributed by atoms with van der Waals surface area (Å²) in [7, 11) is 0. The van der Waals surface area contributed by atoms with E-state index >= 15 is 0 Å². The van der Waals surface area contributed by atoms with Gasteiger partial charge in [0.2, 0.25) is 16.5 Å². The molecule has 1 aromatic rings. The molecular weight excluding hydrogens is 263 g/mol. The lowest BCUT2D eigenvalue weighted by Gasteiger charge is -2.15. The lowest BCUT2D eigenvalue weighted by Crippen LogP contribution is -2.17. The number of halogens is 2. The van der Waals surface area contributed by atoms with Crippen LogP contribution in [-0.2, 0) is 0 Å². The van der Waals surface area contributed by atoms with Gasteiger partial charge in [0.15, 0.2) is 0 Å². The van der Waals surface area contributed by atoms with Gasteiger partial charge in [0.05, 0.1) is 0 Å². The van der Waals surface area contributed by atoms with Crippen molar-refractivity contribution in [1.82, 2.24) is 15.0 Å². The number of aliphatic hydroxyl groups is 1. The highest BCUT2D eigenvalue weighted by molar-refractivity contribution is 6.31. The first-order valence-electron chi connectivity index (χ1n) is 5.57. The van der Waals surface area contributed by atoms with Gasteiger partial charge in [0.1, 0.15) is 0 Å². The van der Waals surface area contributed by atoms with Gasteiger partial charge in [0, 0.05) is 13.2 Å². The Morgan fingerprint density at radius 3 is 2.35 bits per heavy atom. The van der Waals surface area contributed by atoms with Crippen LogP contribution in [0.15, 0.2) is 0 Å². The third kappa shape index (κ3) is 5.48. The average Bonchev–Trinajstić information content (AvgIpc) is 2.25. The SMILES string of the molecule is CCCC(CCO)CNc1nc(Cl)nc(Cl)n1. The predicted octanol–water partition coefficient (Wildman–Crippen LogP) is 2.39. The van der Waals surface area contributed by atoms with Crippen LogP contribution in [0.3, 0.4) is 0 Å². The Morgan fingerprint density at radius 2 is 1.82 bits per heavy atom. The van der Waals surface area contributed by atoms with E-state index in [1.54, 1.807) is 0 Å². The molecule has 0 aliphatic rings. The van der Waals surface area contributed by atoms with Crippen molar-refractivity contribution >= 4 is 29.2 Å². The van der Waals surface area contributed by atoms with Gasteiger partial charge in [0.25, 0.3) is 0 Å². The number of hydrogen-bond acceptors (Lipinski definition) is 5. The van der Waals surface area contributed by atoms with Crippen molar-refractivity contribution in [3.8, 4) is 0 Å². The third-order valence-corrected chi connectivity index (χ3v) is 2.70. The summed E-state index contributed by atoms with van der Waals surface area (Å²) < 4.78 is 0. The zero-order valence-electron chi connectivity index (χ0n) is 9.66. The number of hydrogen-bond donors (Lipinski definition) is 2. The maximum Gasteiger partial charge on any atom is 0.228 e. The van der Waals surface area contributed by atoms with E-state index in [1.807, 2.05) is 0 Å². The molecule has 5 nitrogen and oxygen atoms in total. The fourth-order valence-electron chi connectivity index (χ4n) is 1.58. The summed E-state index contributed by atoms with van der Waals surface area (Å²) in [6, 6.07) is 0. The standard InChI is InChI=1S/C10H16Cl2N4O/c1-2-3-7(4-5-17)6-13-10-15-8(11)14-9(12)16-10/h7,17H,2-6H2,1H3,(H,13,14,15,16). The maximum atomic E-state index is 8.94. The van der Waals surface area contributed by atoms with E-state index in [9.17, 15) is 0 Å². The number of aromatic nitrogens is 3. The molecule has 0 bridgehead atoms. The van der Waals surface area contributed by atoms with Gasteiger partial charge in [-0.1, -0.05) is 13.3 Å². The van der Waals surface area contributed by atoms with Crippen molar-refractivity contribution in [1.29, 1.82) is 0 Å². The third-order valence-electron chi connectivity index (χ3n) is 2.36. The number of anilines is 1. The highest BCUT2D eigenvalue weighted by Crippen LogP contribution is 2.13. The molecule has 1 aromatic heterocycles. The summed E-state index contributed by atoms with van der Waals surface area (Å²) in [5.41, 5.74) is 0. The lowest BCUT2D eigenvalue weighted by molar-refractivity contribution is 0.255. The molecule has 0 spiro atoms. The maximum absolute atomic E-state index is 8.94. The van der Waals surface area contributed by atoms with Crippen LogP contribution >= 0.6 is 23.2 Å². The smallest absolute Gasteiger partial charge is 0.228 e. The first-order chi connectivity index (χ1) is 8.15. The highest BCUT2D eigenvalue weighted by atomic mass is 35.5.